The Morgan fingerprint density at radius 2 is 1.92 bits per heavy atom. The van der Waals surface area contributed by atoms with Crippen molar-refractivity contribution in [3.05, 3.63) is 35.4 Å². The number of carbonyl (C=O) groups excluding carboxylic acids is 1. The number of hydrogen-bond acceptors (Lipinski definition) is 3. The van der Waals surface area contributed by atoms with Gasteiger partial charge in [-0.1, -0.05) is 31.2 Å². The zero-order valence-corrected chi connectivity index (χ0v) is 15.5. The molecule has 6 nitrogen and oxygen atoms in total. The minimum atomic E-state index is -0.816. The number of carboxylic acid groups (broad SMARTS) is 1. The molecule has 2 aliphatic heterocycles. The molecule has 2 fully saturated rings. The van der Waals surface area contributed by atoms with Gasteiger partial charge < -0.3 is 15.3 Å². The van der Waals surface area contributed by atoms with Gasteiger partial charge in [-0.25, -0.2) is 4.79 Å². The van der Waals surface area contributed by atoms with Crippen LogP contribution in [0.2, 0.25) is 0 Å². The highest BCUT2D eigenvalue weighted by molar-refractivity contribution is 5.76. The molecule has 0 bridgehead atoms. The lowest BCUT2D eigenvalue weighted by molar-refractivity contribution is -0.143. The van der Waals surface area contributed by atoms with E-state index in [1.807, 2.05) is 19.1 Å². The number of piperidine rings is 1. The van der Waals surface area contributed by atoms with E-state index in [1.54, 1.807) is 4.90 Å². The molecule has 2 amide bonds. The standard InChI is InChI=1S/C20H29N3O3/c1-15-9-18(19(24)25)14-23(12-15)20(26)21-11-16-5-4-6-17(10-16)13-22-7-2-3-8-22/h4-6,10,15,18H,2-3,7-9,11-14H2,1H3,(H,21,26)(H,24,25). The van der Waals surface area contributed by atoms with Crippen LogP contribution in [0.25, 0.3) is 0 Å². The van der Waals surface area contributed by atoms with Gasteiger partial charge in [0, 0.05) is 26.2 Å². The second kappa shape index (κ2) is 8.54. The zero-order valence-electron chi connectivity index (χ0n) is 15.5. The first-order valence-corrected chi connectivity index (χ1v) is 9.57. The maximum Gasteiger partial charge on any atom is 0.317 e. The fraction of sp³-hybridized carbons (Fsp3) is 0.600. The molecule has 0 spiro atoms. The van der Waals surface area contributed by atoms with Crippen molar-refractivity contribution in [3.63, 3.8) is 0 Å². The van der Waals surface area contributed by atoms with Crippen LogP contribution in [0, 0.1) is 11.8 Å². The van der Waals surface area contributed by atoms with E-state index < -0.39 is 11.9 Å². The average Bonchev–Trinajstić information content (AvgIpc) is 3.12. The molecule has 142 valence electrons. The number of rotatable bonds is 5. The number of urea groups is 1. The van der Waals surface area contributed by atoms with Gasteiger partial charge in [0.1, 0.15) is 0 Å². The number of aliphatic carboxylic acids is 1. The molecule has 26 heavy (non-hydrogen) atoms. The first-order chi connectivity index (χ1) is 12.5. The molecule has 6 heteroatoms. The van der Waals surface area contributed by atoms with Crippen molar-refractivity contribution in [2.24, 2.45) is 11.8 Å². The summed E-state index contributed by atoms with van der Waals surface area (Å²) in [5.74, 6) is -1.07. The number of benzene rings is 1. The van der Waals surface area contributed by atoms with Crippen molar-refractivity contribution in [1.29, 1.82) is 0 Å². The summed E-state index contributed by atoms with van der Waals surface area (Å²) < 4.78 is 0. The Hall–Kier alpha value is -2.08. The lowest BCUT2D eigenvalue weighted by atomic mass is 9.91. The number of nitrogens with zero attached hydrogens (tertiary/aromatic N) is 2. The number of likely N-dealkylation sites (tertiary alicyclic amines) is 2. The molecule has 2 heterocycles. The van der Waals surface area contributed by atoms with Crippen LogP contribution in [0.5, 0.6) is 0 Å². The fourth-order valence-corrected chi connectivity index (χ4v) is 4.02. The van der Waals surface area contributed by atoms with E-state index in [0.29, 0.717) is 26.1 Å². The number of amides is 2. The highest BCUT2D eigenvalue weighted by Gasteiger charge is 2.31. The van der Waals surface area contributed by atoms with Crippen LogP contribution in [0.3, 0.4) is 0 Å². The van der Waals surface area contributed by atoms with E-state index in [0.717, 1.165) is 12.1 Å². The van der Waals surface area contributed by atoms with Gasteiger partial charge in [-0.3, -0.25) is 9.69 Å². The van der Waals surface area contributed by atoms with Crippen molar-refractivity contribution in [1.82, 2.24) is 15.1 Å². The van der Waals surface area contributed by atoms with Gasteiger partial charge in [-0.05, 0) is 49.4 Å². The van der Waals surface area contributed by atoms with Crippen molar-refractivity contribution >= 4 is 12.0 Å². The summed E-state index contributed by atoms with van der Waals surface area (Å²) >= 11 is 0. The van der Waals surface area contributed by atoms with Gasteiger partial charge in [0.05, 0.1) is 5.92 Å². The second-order valence-corrected chi connectivity index (χ2v) is 7.74. The molecule has 2 aliphatic rings. The molecular weight excluding hydrogens is 330 g/mol. The highest BCUT2D eigenvalue weighted by Crippen LogP contribution is 2.22. The fourth-order valence-electron chi connectivity index (χ4n) is 4.02. The third kappa shape index (κ3) is 4.97. The summed E-state index contributed by atoms with van der Waals surface area (Å²) in [6.45, 7) is 6.67. The van der Waals surface area contributed by atoms with Crippen molar-refractivity contribution in [3.8, 4) is 0 Å². The van der Waals surface area contributed by atoms with E-state index in [1.165, 1.54) is 31.5 Å². The summed E-state index contributed by atoms with van der Waals surface area (Å²) in [5.41, 5.74) is 2.35. The Kier molecular flexibility index (Phi) is 6.14. The molecule has 2 unspecified atom stereocenters. The van der Waals surface area contributed by atoms with Gasteiger partial charge in [0.15, 0.2) is 0 Å². The predicted octanol–water partition coefficient (Wildman–Crippen LogP) is 2.53. The maximum atomic E-state index is 12.5. The maximum absolute atomic E-state index is 12.5. The quantitative estimate of drug-likeness (QED) is 0.847. The van der Waals surface area contributed by atoms with Crippen molar-refractivity contribution < 1.29 is 14.7 Å². The monoisotopic (exact) mass is 359 g/mol. The smallest absolute Gasteiger partial charge is 0.317 e. The Labute approximate surface area is 155 Å². The molecule has 1 aromatic rings. The Morgan fingerprint density at radius 1 is 1.19 bits per heavy atom. The molecule has 2 N–H and O–H groups in total. The first kappa shape index (κ1) is 18.7. The molecule has 1 aromatic carbocycles. The third-order valence-electron chi connectivity index (χ3n) is 5.34. The topological polar surface area (TPSA) is 72.9 Å². The summed E-state index contributed by atoms with van der Waals surface area (Å²) in [6, 6.07) is 8.17. The van der Waals surface area contributed by atoms with E-state index in [2.05, 4.69) is 22.3 Å². The van der Waals surface area contributed by atoms with Gasteiger partial charge >= 0.3 is 12.0 Å². The Bertz CT molecular complexity index is 643. The highest BCUT2D eigenvalue weighted by atomic mass is 16.4. The summed E-state index contributed by atoms with van der Waals surface area (Å²) in [5, 5.41) is 12.2. The van der Waals surface area contributed by atoms with Crippen molar-refractivity contribution in [2.75, 3.05) is 26.2 Å². The van der Waals surface area contributed by atoms with E-state index in [-0.39, 0.29) is 11.9 Å². The summed E-state index contributed by atoms with van der Waals surface area (Å²) in [6.07, 6.45) is 3.19. The normalized spacial score (nSPS) is 23.8. The molecule has 3 rings (SSSR count). The largest absolute Gasteiger partial charge is 0.481 e. The SMILES string of the molecule is CC1CC(C(=O)O)CN(C(=O)NCc2cccc(CN3CCCC3)c2)C1. The lowest BCUT2D eigenvalue weighted by Gasteiger charge is -2.34. The van der Waals surface area contributed by atoms with Crippen LogP contribution in [0.15, 0.2) is 24.3 Å². The minimum absolute atomic E-state index is 0.173. The Morgan fingerprint density at radius 3 is 2.65 bits per heavy atom. The van der Waals surface area contributed by atoms with Gasteiger partial charge in [-0.15, -0.1) is 0 Å². The molecule has 0 aromatic heterocycles. The van der Waals surface area contributed by atoms with Crippen LogP contribution in [0.1, 0.15) is 37.3 Å². The number of carbonyl (C=O) groups is 2. The zero-order chi connectivity index (χ0) is 18.5. The molecule has 2 saturated heterocycles. The molecule has 0 aliphatic carbocycles. The van der Waals surface area contributed by atoms with Crippen LogP contribution in [0.4, 0.5) is 4.79 Å². The van der Waals surface area contributed by atoms with Crippen LogP contribution < -0.4 is 5.32 Å². The van der Waals surface area contributed by atoms with E-state index >= 15 is 0 Å². The van der Waals surface area contributed by atoms with Crippen LogP contribution >= 0.6 is 0 Å². The molecule has 0 saturated carbocycles. The van der Waals surface area contributed by atoms with Gasteiger partial charge in [-0.2, -0.15) is 0 Å². The first-order valence-electron chi connectivity index (χ1n) is 9.57. The van der Waals surface area contributed by atoms with Crippen LogP contribution in [-0.4, -0.2) is 53.1 Å². The number of carboxylic acids is 1. The van der Waals surface area contributed by atoms with E-state index in [4.69, 9.17) is 0 Å². The average molecular weight is 359 g/mol. The molecular formula is C20H29N3O3. The van der Waals surface area contributed by atoms with Crippen molar-refractivity contribution in [2.45, 2.75) is 39.3 Å². The second-order valence-electron chi connectivity index (χ2n) is 7.74. The number of nitrogens with one attached hydrogen (secondary N) is 1. The molecule has 0 radical (unpaired) electrons. The molecule has 2 atom stereocenters. The third-order valence-corrected chi connectivity index (χ3v) is 5.34. The Balaban J connectivity index is 1.53. The van der Waals surface area contributed by atoms with Gasteiger partial charge in [0.2, 0.25) is 0 Å². The number of hydrogen-bond donors (Lipinski definition) is 2. The lowest BCUT2D eigenvalue weighted by Crippen LogP contribution is -2.49. The summed E-state index contributed by atoms with van der Waals surface area (Å²) in [4.78, 5) is 27.8. The van der Waals surface area contributed by atoms with E-state index in [9.17, 15) is 14.7 Å². The minimum Gasteiger partial charge on any atom is -0.481 e. The van der Waals surface area contributed by atoms with Crippen LogP contribution in [-0.2, 0) is 17.9 Å². The predicted molar refractivity (Wildman–Crippen MR) is 99.7 cm³/mol. The summed E-state index contributed by atoms with van der Waals surface area (Å²) in [7, 11) is 0. The van der Waals surface area contributed by atoms with Gasteiger partial charge in [0.25, 0.3) is 0 Å².